The van der Waals surface area contributed by atoms with Crippen LogP contribution in [0.4, 0.5) is 11.4 Å². The molecule has 0 bridgehead atoms. The van der Waals surface area contributed by atoms with Crippen molar-refractivity contribution in [2.75, 3.05) is 5.73 Å². The van der Waals surface area contributed by atoms with E-state index in [4.69, 9.17) is 5.73 Å². The Morgan fingerprint density at radius 2 is 2.17 bits per heavy atom. The number of hydrogen-bond donors (Lipinski definition) is 2. The Bertz CT molecular complexity index is 804. The zero-order valence-electron chi connectivity index (χ0n) is 13.1. The summed E-state index contributed by atoms with van der Waals surface area (Å²) in [7, 11) is 0. The molecule has 2 aromatic rings. The molecule has 0 radical (unpaired) electrons. The minimum atomic E-state index is -0.557. The van der Waals surface area contributed by atoms with Crippen LogP contribution < -0.4 is 11.1 Å². The van der Waals surface area contributed by atoms with Crippen molar-refractivity contribution in [2.45, 2.75) is 25.8 Å². The van der Waals surface area contributed by atoms with Crippen LogP contribution in [0.3, 0.4) is 0 Å². The normalized spacial score (nSPS) is 14.9. The fourth-order valence-corrected chi connectivity index (χ4v) is 2.51. The van der Waals surface area contributed by atoms with E-state index >= 15 is 0 Å². The third kappa shape index (κ3) is 3.32. The van der Waals surface area contributed by atoms with E-state index < -0.39 is 10.8 Å². The lowest BCUT2D eigenvalue weighted by atomic mass is 10.1. The van der Waals surface area contributed by atoms with Gasteiger partial charge in [-0.2, -0.15) is 0 Å². The number of aromatic nitrogens is 2. The van der Waals surface area contributed by atoms with Gasteiger partial charge in [-0.05, 0) is 37.8 Å². The Morgan fingerprint density at radius 1 is 1.42 bits per heavy atom. The molecule has 24 heavy (non-hydrogen) atoms. The number of nitro groups is 1. The molecule has 3 rings (SSSR count). The zero-order chi connectivity index (χ0) is 17.3. The number of nitrogen functional groups attached to an aromatic ring is 1. The fourth-order valence-electron chi connectivity index (χ4n) is 2.51. The molecule has 1 aliphatic carbocycles. The molecular weight excluding hydrogens is 310 g/mol. The largest absolute Gasteiger partial charge is 0.398 e. The standard InChI is InChI=1S/C16H17N5O3/c1-9-6-7-18-15(19-9)14(10-2-3-10)20-16(22)12-8-11(21(23)24)4-5-13(12)17/h4-8,10,14H,2-3,17H2,1H3,(H,20,22)/t14-/m0/s1. The number of nitro benzene ring substituents is 1. The van der Waals surface area contributed by atoms with E-state index in [1.165, 1.54) is 18.2 Å². The first-order valence-electron chi connectivity index (χ1n) is 7.60. The molecule has 1 atom stereocenters. The summed E-state index contributed by atoms with van der Waals surface area (Å²) in [5, 5.41) is 13.8. The minimum Gasteiger partial charge on any atom is -0.398 e. The van der Waals surface area contributed by atoms with Gasteiger partial charge in [-0.1, -0.05) is 0 Å². The molecule has 0 aliphatic heterocycles. The molecule has 1 aromatic heterocycles. The van der Waals surface area contributed by atoms with Crippen molar-refractivity contribution >= 4 is 17.3 Å². The summed E-state index contributed by atoms with van der Waals surface area (Å²) in [5.74, 6) is 0.365. The summed E-state index contributed by atoms with van der Waals surface area (Å²) in [5.41, 5.74) is 6.72. The third-order valence-electron chi connectivity index (χ3n) is 3.96. The van der Waals surface area contributed by atoms with Gasteiger partial charge < -0.3 is 11.1 Å². The average Bonchev–Trinajstić information content (AvgIpc) is 3.37. The lowest BCUT2D eigenvalue weighted by Crippen LogP contribution is -2.31. The lowest BCUT2D eigenvalue weighted by Gasteiger charge is -2.17. The summed E-state index contributed by atoms with van der Waals surface area (Å²) in [4.78, 5) is 31.5. The smallest absolute Gasteiger partial charge is 0.270 e. The van der Waals surface area contributed by atoms with Crippen LogP contribution in [0.1, 0.15) is 40.8 Å². The number of carbonyl (C=O) groups excluding carboxylic acids is 1. The molecule has 8 nitrogen and oxygen atoms in total. The Kier molecular flexibility index (Phi) is 4.11. The number of anilines is 1. The number of non-ortho nitro benzene ring substituents is 1. The first-order chi connectivity index (χ1) is 11.5. The van der Waals surface area contributed by atoms with Crippen LogP contribution in [0.5, 0.6) is 0 Å². The van der Waals surface area contributed by atoms with Crippen LogP contribution in [0.15, 0.2) is 30.5 Å². The predicted octanol–water partition coefficient (Wildman–Crippen LogP) is 2.16. The summed E-state index contributed by atoms with van der Waals surface area (Å²) in [6.45, 7) is 1.86. The molecule has 0 spiro atoms. The molecule has 3 N–H and O–H groups in total. The number of rotatable bonds is 5. The van der Waals surface area contributed by atoms with E-state index in [0.717, 1.165) is 18.5 Å². The lowest BCUT2D eigenvalue weighted by molar-refractivity contribution is -0.384. The van der Waals surface area contributed by atoms with E-state index in [9.17, 15) is 14.9 Å². The molecule has 1 aromatic carbocycles. The second kappa shape index (κ2) is 6.23. The zero-order valence-corrected chi connectivity index (χ0v) is 13.1. The van der Waals surface area contributed by atoms with Crippen molar-refractivity contribution in [1.29, 1.82) is 0 Å². The summed E-state index contributed by atoms with van der Waals surface area (Å²) >= 11 is 0. The van der Waals surface area contributed by atoms with E-state index in [1.807, 2.05) is 6.92 Å². The van der Waals surface area contributed by atoms with Crippen molar-refractivity contribution in [1.82, 2.24) is 15.3 Å². The number of nitrogens with two attached hydrogens (primary N) is 1. The predicted molar refractivity (Wildman–Crippen MR) is 87.2 cm³/mol. The summed E-state index contributed by atoms with van der Waals surface area (Å²) < 4.78 is 0. The first kappa shape index (κ1) is 15.9. The maximum atomic E-state index is 12.6. The highest BCUT2D eigenvalue weighted by molar-refractivity contribution is 6.00. The first-order valence-corrected chi connectivity index (χ1v) is 7.60. The molecule has 1 heterocycles. The Labute approximate surface area is 138 Å². The van der Waals surface area contributed by atoms with Crippen LogP contribution >= 0.6 is 0 Å². The Morgan fingerprint density at radius 3 is 2.79 bits per heavy atom. The van der Waals surface area contributed by atoms with Gasteiger partial charge in [0.15, 0.2) is 5.82 Å². The van der Waals surface area contributed by atoms with Crippen molar-refractivity contribution in [3.05, 3.63) is 57.7 Å². The summed E-state index contributed by atoms with van der Waals surface area (Å²) in [6, 6.07) is 5.28. The number of aryl methyl sites for hydroxylation is 1. The van der Waals surface area contributed by atoms with Crippen LogP contribution in [-0.4, -0.2) is 20.8 Å². The van der Waals surface area contributed by atoms with Gasteiger partial charge in [-0.3, -0.25) is 14.9 Å². The van der Waals surface area contributed by atoms with Gasteiger partial charge in [0.25, 0.3) is 11.6 Å². The molecule has 124 valence electrons. The van der Waals surface area contributed by atoms with Gasteiger partial charge >= 0.3 is 0 Å². The van der Waals surface area contributed by atoms with Gasteiger partial charge in [-0.25, -0.2) is 9.97 Å². The highest BCUT2D eigenvalue weighted by Crippen LogP contribution is 2.40. The topological polar surface area (TPSA) is 124 Å². The van der Waals surface area contributed by atoms with Crippen LogP contribution in [0.2, 0.25) is 0 Å². The van der Waals surface area contributed by atoms with Gasteiger partial charge in [0.05, 0.1) is 16.5 Å². The van der Waals surface area contributed by atoms with Gasteiger partial charge in [0, 0.05) is 29.7 Å². The van der Waals surface area contributed by atoms with E-state index in [0.29, 0.717) is 5.82 Å². The number of amides is 1. The number of nitrogens with one attached hydrogen (secondary N) is 1. The third-order valence-corrected chi connectivity index (χ3v) is 3.96. The highest BCUT2D eigenvalue weighted by atomic mass is 16.6. The molecule has 1 aliphatic rings. The monoisotopic (exact) mass is 327 g/mol. The molecule has 8 heteroatoms. The second-order valence-electron chi connectivity index (χ2n) is 5.87. The molecular formula is C16H17N5O3. The number of nitrogens with zero attached hydrogens (tertiary/aromatic N) is 3. The molecule has 0 saturated heterocycles. The van der Waals surface area contributed by atoms with Crippen LogP contribution in [0.25, 0.3) is 0 Å². The quantitative estimate of drug-likeness (QED) is 0.492. The number of benzene rings is 1. The van der Waals surface area contributed by atoms with Crippen molar-refractivity contribution < 1.29 is 9.72 Å². The van der Waals surface area contributed by atoms with Crippen molar-refractivity contribution in [3.63, 3.8) is 0 Å². The molecule has 1 saturated carbocycles. The van der Waals surface area contributed by atoms with Gasteiger partial charge in [-0.15, -0.1) is 0 Å². The fraction of sp³-hybridized carbons (Fsp3) is 0.312. The number of hydrogen-bond acceptors (Lipinski definition) is 6. The highest BCUT2D eigenvalue weighted by Gasteiger charge is 2.35. The van der Waals surface area contributed by atoms with E-state index in [2.05, 4.69) is 15.3 Å². The van der Waals surface area contributed by atoms with Gasteiger partial charge in [0.1, 0.15) is 0 Å². The Balaban J connectivity index is 1.87. The average molecular weight is 327 g/mol. The van der Waals surface area contributed by atoms with Gasteiger partial charge in [0.2, 0.25) is 0 Å². The molecule has 0 unspecified atom stereocenters. The minimum absolute atomic E-state index is 0.0857. The SMILES string of the molecule is Cc1ccnc([C@@H](NC(=O)c2cc([N+](=O)[O-])ccc2N)C2CC2)n1. The summed E-state index contributed by atoms with van der Waals surface area (Å²) in [6.07, 6.45) is 3.61. The van der Waals surface area contributed by atoms with E-state index in [1.54, 1.807) is 12.3 Å². The van der Waals surface area contributed by atoms with Crippen molar-refractivity contribution in [2.24, 2.45) is 5.92 Å². The van der Waals surface area contributed by atoms with E-state index in [-0.39, 0.29) is 28.9 Å². The van der Waals surface area contributed by atoms with Crippen LogP contribution in [-0.2, 0) is 0 Å². The second-order valence-corrected chi connectivity index (χ2v) is 5.87. The van der Waals surface area contributed by atoms with Crippen molar-refractivity contribution in [3.8, 4) is 0 Å². The maximum Gasteiger partial charge on any atom is 0.270 e. The molecule has 1 amide bonds. The Hall–Kier alpha value is -3.03. The number of carbonyl (C=O) groups is 1. The maximum absolute atomic E-state index is 12.6. The molecule has 1 fully saturated rings. The van der Waals surface area contributed by atoms with Crippen LogP contribution in [0, 0.1) is 23.0 Å².